The number of rotatable bonds is 9. The first kappa shape index (κ1) is 21.7. The summed E-state index contributed by atoms with van der Waals surface area (Å²) in [6.45, 7) is 1.80. The molecule has 0 saturated carbocycles. The van der Waals surface area contributed by atoms with Gasteiger partial charge in [-0.2, -0.15) is 0 Å². The zero-order valence-corrected chi connectivity index (χ0v) is 17.1. The average molecular weight is 424 g/mol. The van der Waals surface area contributed by atoms with Crippen molar-refractivity contribution in [3.05, 3.63) is 64.7 Å². The SMILES string of the molecule is CC(C(=O)NCCSc1ccccc1)N(c1cccc([N+](=O)[O-])c1)S(C)(=O)=O. The molecule has 1 amide bonds. The molecule has 0 saturated heterocycles. The van der Waals surface area contributed by atoms with E-state index < -0.39 is 26.9 Å². The molecule has 10 heteroatoms. The zero-order chi connectivity index (χ0) is 20.7. The number of benzene rings is 2. The fourth-order valence-electron chi connectivity index (χ4n) is 2.56. The van der Waals surface area contributed by atoms with E-state index in [1.54, 1.807) is 11.8 Å². The molecule has 0 aliphatic carbocycles. The van der Waals surface area contributed by atoms with Gasteiger partial charge >= 0.3 is 0 Å². The maximum absolute atomic E-state index is 12.5. The van der Waals surface area contributed by atoms with Crippen LogP contribution in [0.3, 0.4) is 0 Å². The number of nitrogens with zero attached hydrogens (tertiary/aromatic N) is 2. The minimum atomic E-state index is -3.83. The number of thioether (sulfide) groups is 1. The lowest BCUT2D eigenvalue weighted by Crippen LogP contribution is -2.48. The van der Waals surface area contributed by atoms with Crippen LogP contribution in [0.1, 0.15) is 6.92 Å². The Hall–Kier alpha value is -2.59. The number of hydrogen-bond acceptors (Lipinski definition) is 6. The molecule has 0 bridgehead atoms. The summed E-state index contributed by atoms with van der Waals surface area (Å²) in [5, 5.41) is 13.7. The molecule has 0 aliphatic rings. The fourth-order valence-corrected chi connectivity index (χ4v) is 4.52. The van der Waals surface area contributed by atoms with Crippen LogP contribution in [0.2, 0.25) is 0 Å². The summed E-state index contributed by atoms with van der Waals surface area (Å²) in [6, 6.07) is 13.8. The van der Waals surface area contributed by atoms with E-state index in [2.05, 4.69) is 5.32 Å². The highest BCUT2D eigenvalue weighted by molar-refractivity contribution is 7.99. The maximum atomic E-state index is 12.5. The van der Waals surface area contributed by atoms with E-state index in [1.807, 2.05) is 30.3 Å². The highest BCUT2D eigenvalue weighted by Crippen LogP contribution is 2.25. The van der Waals surface area contributed by atoms with Crippen molar-refractivity contribution in [3.63, 3.8) is 0 Å². The molecule has 150 valence electrons. The van der Waals surface area contributed by atoms with Crippen LogP contribution < -0.4 is 9.62 Å². The minimum absolute atomic E-state index is 0.0676. The normalized spacial score (nSPS) is 12.2. The number of anilines is 1. The second-order valence-corrected chi connectivity index (χ2v) is 8.99. The van der Waals surface area contributed by atoms with E-state index >= 15 is 0 Å². The first-order valence-corrected chi connectivity index (χ1v) is 11.2. The molecule has 8 nitrogen and oxygen atoms in total. The number of amides is 1. The molecular weight excluding hydrogens is 402 g/mol. The molecule has 0 aliphatic heterocycles. The predicted molar refractivity (Wildman–Crippen MR) is 110 cm³/mol. The number of sulfonamides is 1. The summed E-state index contributed by atoms with van der Waals surface area (Å²) >= 11 is 1.57. The lowest BCUT2D eigenvalue weighted by Gasteiger charge is -2.28. The van der Waals surface area contributed by atoms with Gasteiger partial charge in [0.05, 0.1) is 16.9 Å². The molecule has 0 radical (unpaired) electrons. The smallest absolute Gasteiger partial charge is 0.271 e. The highest BCUT2D eigenvalue weighted by Gasteiger charge is 2.29. The highest BCUT2D eigenvalue weighted by atomic mass is 32.2. The van der Waals surface area contributed by atoms with Crippen LogP contribution in [0.5, 0.6) is 0 Å². The van der Waals surface area contributed by atoms with Crippen LogP contribution in [0, 0.1) is 10.1 Å². The van der Waals surface area contributed by atoms with Gasteiger partial charge in [0, 0.05) is 29.3 Å². The Kier molecular flexibility index (Phi) is 7.41. The van der Waals surface area contributed by atoms with Gasteiger partial charge in [-0.1, -0.05) is 24.3 Å². The van der Waals surface area contributed by atoms with Crippen LogP contribution >= 0.6 is 11.8 Å². The van der Waals surface area contributed by atoms with Crippen molar-refractivity contribution in [2.75, 3.05) is 22.9 Å². The molecule has 0 spiro atoms. The van der Waals surface area contributed by atoms with Crippen molar-refractivity contribution in [2.24, 2.45) is 0 Å². The second kappa shape index (κ2) is 9.56. The van der Waals surface area contributed by atoms with Crippen molar-refractivity contribution in [1.29, 1.82) is 0 Å². The maximum Gasteiger partial charge on any atom is 0.271 e. The quantitative estimate of drug-likeness (QED) is 0.287. The van der Waals surface area contributed by atoms with Crippen molar-refractivity contribution >= 4 is 39.1 Å². The van der Waals surface area contributed by atoms with Gasteiger partial charge in [0.2, 0.25) is 15.9 Å². The number of hydrogen-bond donors (Lipinski definition) is 1. The molecule has 0 heterocycles. The van der Waals surface area contributed by atoms with E-state index in [4.69, 9.17) is 0 Å². The molecule has 0 aromatic heterocycles. The van der Waals surface area contributed by atoms with Gasteiger partial charge in [-0.3, -0.25) is 19.2 Å². The topological polar surface area (TPSA) is 110 Å². The van der Waals surface area contributed by atoms with Gasteiger partial charge in [-0.15, -0.1) is 11.8 Å². The Bertz CT molecular complexity index is 935. The third-order valence-electron chi connectivity index (χ3n) is 3.80. The van der Waals surface area contributed by atoms with Crippen LogP contribution in [0.4, 0.5) is 11.4 Å². The Labute approximate surface area is 168 Å². The van der Waals surface area contributed by atoms with Gasteiger partial charge in [0.25, 0.3) is 5.69 Å². The number of carbonyl (C=O) groups is 1. The first-order chi connectivity index (χ1) is 13.2. The number of nitro groups is 1. The van der Waals surface area contributed by atoms with Gasteiger partial charge in [0.1, 0.15) is 6.04 Å². The lowest BCUT2D eigenvalue weighted by atomic mass is 10.2. The molecule has 1 unspecified atom stereocenters. The van der Waals surface area contributed by atoms with Crippen molar-refractivity contribution in [1.82, 2.24) is 5.32 Å². The third-order valence-corrected chi connectivity index (χ3v) is 6.05. The monoisotopic (exact) mass is 423 g/mol. The Morgan fingerprint density at radius 2 is 1.89 bits per heavy atom. The first-order valence-electron chi connectivity index (χ1n) is 8.39. The summed E-state index contributed by atoms with van der Waals surface area (Å²) in [5.41, 5.74) is -0.184. The van der Waals surface area contributed by atoms with Crippen molar-refractivity contribution < 1.29 is 18.1 Å². The zero-order valence-electron chi connectivity index (χ0n) is 15.4. The van der Waals surface area contributed by atoms with E-state index in [0.29, 0.717) is 12.3 Å². The fraction of sp³-hybridized carbons (Fsp3) is 0.278. The van der Waals surface area contributed by atoms with E-state index in [1.165, 1.54) is 25.1 Å². The van der Waals surface area contributed by atoms with Gasteiger partial charge in [-0.05, 0) is 25.1 Å². The molecular formula is C18H21N3O5S2. The van der Waals surface area contributed by atoms with E-state index in [9.17, 15) is 23.3 Å². The summed E-state index contributed by atoms with van der Waals surface area (Å²) in [6.07, 6.45) is 0.959. The van der Waals surface area contributed by atoms with Crippen LogP contribution in [-0.4, -0.2) is 43.8 Å². The Morgan fingerprint density at radius 1 is 1.21 bits per heavy atom. The molecule has 1 atom stereocenters. The Morgan fingerprint density at radius 3 is 2.50 bits per heavy atom. The molecule has 1 N–H and O–H groups in total. The van der Waals surface area contributed by atoms with Crippen LogP contribution in [0.15, 0.2) is 59.5 Å². The van der Waals surface area contributed by atoms with E-state index in [-0.39, 0.29) is 11.4 Å². The van der Waals surface area contributed by atoms with Crippen LogP contribution in [0.25, 0.3) is 0 Å². The Balaban J connectivity index is 2.06. The molecule has 0 fully saturated rings. The number of non-ortho nitro benzene ring substituents is 1. The summed E-state index contributed by atoms with van der Waals surface area (Å²) < 4.78 is 25.4. The molecule has 2 aromatic carbocycles. The number of nitro benzene ring substituents is 1. The molecule has 2 rings (SSSR count). The summed E-state index contributed by atoms with van der Waals surface area (Å²) in [5.74, 6) is 0.142. The van der Waals surface area contributed by atoms with Crippen LogP contribution in [-0.2, 0) is 14.8 Å². The van der Waals surface area contributed by atoms with Gasteiger partial charge in [-0.25, -0.2) is 8.42 Å². The average Bonchev–Trinajstić information content (AvgIpc) is 2.65. The summed E-state index contributed by atoms with van der Waals surface area (Å²) in [7, 11) is -3.83. The summed E-state index contributed by atoms with van der Waals surface area (Å²) in [4.78, 5) is 23.9. The van der Waals surface area contributed by atoms with Crippen molar-refractivity contribution in [3.8, 4) is 0 Å². The molecule has 2 aromatic rings. The lowest BCUT2D eigenvalue weighted by molar-refractivity contribution is -0.384. The number of carbonyl (C=O) groups excluding carboxylic acids is 1. The van der Waals surface area contributed by atoms with E-state index in [0.717, 1.165) is 21.5 Å². The standard InChI is InChI=1S/C18H21N3O5S2/c1-14(18(22)19-11-12-27-17-9-4-3-5-10-17)20(28(2,25)26)15-7-6-8-16(13-15)21(23)24/h3-10,13-14H,11-12H2,1-2H3,(H,19,22). The second-order valence-electron chi connectivity index (χ2n) is 5.96. The van der Waals surface area contributed by atoms with Crippen molar-refractivity contribution in [2.45, 2.75) is 17.9 Å². The minimum Gasteiger partial charge on any atom is -0.353 e. The number of nitrogens with one attached hydrogen (secondary N) is 1. The predicted octanol–water partition coefficient (Wildman–Crippen LogP) is 2.66. The largest absolute Gasteiger partial charge is 0.353 e. The third kappa shape index (κ3) is 5.96. The van der Waals surface area contributed by atoms with Gasteiger partial charge in [0.15, 0.2) is 0 Å². The van der Waals surface area contributed by atoms with Gasteiger partial charge < -0.3 is 5.32 Å². The molecule has 28 heavy (non-hydrogen) atoms.